The maximum Gasteiger partial charge on any atom is 0.264 e. The van der Waals surface area contributed by atoms with E-state index in [4.69, 9.17) is 0 Å². The highest BCUT2D eigenvalue weighted by Crippen LogP contribution is 2.30. The molecule has 2 amide bonds. The number of nitrogens with one attached hydrogen (secondary N) is 1. The number of piperidine rings is 1. The molecule has 0 bridgehead atoms. The first-order valence-corrected chi connectivity index (χ1v) is 12.4. The molecule has 0 radical (unpaired) electrons. The number of aromatic nitrogens is 4. The smallest absolute Gasteiger partial charge is 0.264 e. The lowest BCUT2D eigenvalue weighted by Gasteiger charge is -2.39. The average Bonchev–Trinajstić information content (AvgIpc) is 3.54. The van der Waals surface area contributed by atoms with Gasteiger partial charge in [0.2, 0.25) is 11.8 Å². The van der Waals surface area contributed by atoms with Crippen molar-refractivity contribution in [2.75, 3.05) is 13.1 Å². The van der Waals surface area contributed by atoms with Crippen LogP contribution in [0.5, 0.6) is 0 Å². The van der Waals surface area contributed by atoms with E-state index in [1.165, 1.54) is 40.0 Å². The predicted molar refractivity (Wildman–Crippen MR) is 133 cm³/mol. The molecule has 0 spiro atoms. The molecule has 1 aromatic carbocycles. The molecular formula is C26H29FN6O4. The number of nitrogens with zero attached hydrogens (tertiary/aromatic N) is 5. The van der Waals surface area contributed by atoms with Gasteiger partial charge in [-0.05, 0) is 62.4 Å². The lowest BCUT2D eigenvalue weighted by Crippen LogP contribution is -2.50. The highest BCUT2D eigenvalue weighted by molar-refractivity contribution is 5.87. The van der Waals surface area contributed by atoms with Crippen LogP contribution in [0.4, 0.5) is 4.39 Å². The molecule has 2 fully saturated rings. The van der Waals surface area contributed by atoms with Crippen molar-refractivity contribution in [3.63, 3.8) is 0 Å². The summed E-state index contributed by atoms with van der Waals surface area (Å²) < 4.78 is 16.1. The highest BCUT2D eigenvalue weighted by atomic mass is 19.1. The van der Waals surface area contributed by atoms with Crippen LogP contribution in [0.1, 0.15) is 32.1 Å². The lowest BCUT2D eigenvalue weighted by atomic mass is 9.90. The first-order chi connectivity index (χ1) is 17.8. The fraction of sp³-hybridized carbons (Fsp3) is 0.423. The van der Waals surface area contributed by atoms with Gasteiger partial charge in [-0.2, -0.15) is 5.10 Å². The second-order valence-electron chi connectivity index (χ2n) is 9.92. The van der Waals surface area contributed by atoms with E-state index in [0.717, 1.165) is 6.42 Å². The molecule has 194 valence electrons. The fourth-order valence-corrected chi connectivity index (χ4v) is 5.31. The predicted octanol–water partition coefficient (Wildman–Crippen LogP) is 1.55. The van der Waals surface area contributed by atoms with E-state index in [2.05, 4.69) is 22.0 Å². The van der Waals surface area contributed by atoms with Gasteiger partial charge in [0.1, 0.15) is 17.5 Å². The number of amides is 2. The molecule has 0 unspecified atom stereocenters. The van der Waals surface area contributed by atoms with E-state index in [-0.39, 0.29) is 41.7 Å². The van der Waals surface area contributed by atoms with Crippen LogP contribution in [0.25, 0.3) is 16.7 Å². The summed E-state index contributed by atoms with van der Waals surface area (Å²) in [5, 5.41) is 18.6. The molecule has 1 aliphatic heterocycles. The molecule has 2 aliphatic rings. The van der Waals surface area contributed by atoms with Crippen molar-refractivity contribution < 1.29 is 19.1 Å². The summed E-state index contributed by atoms with van der Waals surface area (Å²) in [7, 11) is 0. The number of benzene rings is 1. The Morgan fingerprint density at radius 1 is 1.22 bits per heavy atom. The standard InChI is InChI=1S/C26H29FN6O4/c1-2-22(34)30-19-6-3-17(13-19)24(35)31-11-9-26(37,10-12-31)15-32-16-28-23-21(25(32)36)14-29-33(23)20-7-4-18(27)5-8-20/h2,4-5,7-8,14,16-17,19,37H,1,3,6,9-13,15H2,(H,30,34)/t17-,19+/m1/s1. The maximum absolute atomic E-state index is 13.3. The first kappa shape index (κ1) is 24.8. The summed E-state index contributed by atoms with van der Waals surface area (Å²) in [4.78, 5) is 43.8. The van der Waals surface area contributed by atoms with Crippen molar-refractivity contribution in [2.24, 2.45) is 5.92 Å². The number of rotatable bonds is 6. The summed E-state index contributed by atoms with van der Waals surface area (Å²) in [6, 6.07) is 5.69. The van der Waals surface area contributed by atoms with Crippen molar-refractivity contribution in [3.8, 4) is 5.69 Å². The SMILES string of the molecule is C=CC(=O)N[C@H]1CC[C@@H](C(=O)N2CCC(O)(Cn3cnc4c(cnn4-c4ccc(F)cc4)c3=O)CC2)C1. The van der Waals surface area contributed by atoms with Crippen LogP contribution in [-0.4, -0.2) is 65.9 Å². The molecule has 1 saturated heterocycles. The Bertz CT molecular complexity index is 1390. The number of carbonyl (C=O) groups is 2. The van der Waals surface area contributed by atoms with Gasteiger partial charge in [0.15, 0.2) is 5.65 Å². The molecule has 10 nitrogen and oxygen atoms in total. The Hall–Kier alpha value is -3.86. The van der Waals surface area contributed by atoms with Crippen molar-refractivity contribution in [3.05, 3.63) is 65.6 Å². The van der Waals surface area contributed by atoms with Crippen LogP contribution in [-0.2, 0) is 16.1 Å². The summed E-state index contributed by atoms with van der Waals surface area (Å²) >= 11 is 0. The molecule has 2 N–H and O–H groups in total. The Labute approximate surface area is 212 Å². The topological polar surface area (TPSA) is 122 Å². The number of carbonyl (C=O) groups excluding carboxylic acids is 2. The number of likely N-dealkylation sites (tertiary alicyclic amines) is 1. The molecule has 2 atom stereocenters. The fourth-order valence-electron chi connectivity index (χ4n) is 5.31. The molecule has 3 heterocycles. The quantitative estimate of drug-likeness (QED) is 0.487. The van der Waals surface area contributed by atoms with Crippen molar-refractivity contribution in [1.82, 2.24) is 29.5 Å². The number of hydrogen-bond acceptors (Lipinski definition) is 6. The molecule has 3 aromatic rings. The molecule has 11 heteroatoms. The normalized spacial score (nSPS) is 21.2. The number of aliphatic hydroxyl groups is 1. The van der Waals surface area contributed by atoms with Crippen LogP contribution in [0, 0.1) is 11.7 Å². The zero-order valence-electron chi connectivity index (χ0n) is 20.3. The second-order valence-corrected chi connectivity index (χ2v) is 9.92. The summed E-state index contributed by atoms with van der Waals surface area (Å²) in [6.07, 6.45) is 6.78. The monoisotopic (exact) mass is 508 g/mol. The Kier molecular flexibility index (Phi) is 6.63. The molecular weight excluding hydrogens is 479 g/mol. The highest BCUT2D eigenvalue weighted by Gasteiger charge is 2.38. The van der Waals surface area contributed by atoms with Gasteiger partial charge in [-0.15, -0.1) is 0 Å². The third kappa shape index (κ3) is 5.04. The van der Waals surface area contributed by atoms with Gasteiger partial charge in [-0.1, -0.05) is 6.58 Å². The van der Waals surface area contributed by atoms with Gasteiger partial charge >= 0.3 is 0 Å². The summed E-state index contributed by atoms with van der Waals surface area (Å²) in [5.74, 6) is -0.702. The van der Waals surface area contributed by atoms with Gasteiger partial charge in [-0.3, -0.25) is 19.0 Å². The van der Waals surface area contributed by atoms with Gasteiger partial charge in [0.05, 0.1) is 24.0 Å². The minimum atomic E-state index is -1.15. The van der Waals surface area contributed by atoms with Crippen molar-refractivity contribution in [2.45, 2.75) is 50.3 Å². The first-order valence-electron chi connectivity index (χ1n) is 12.4. The minimum absolute atomic E-state index is 0.0251. The molecule has 37 heavy (non-hydrogen) atoms. The third-order valence-electron chi connectivity index (χ3n) is 7.41. The summed E-state index contributed by atoms with van der Waals surface area (Å²) in [5.41, 5.74) is -0.560. The van der Waals surface area contributed by atoms with Crippen molar-refractivity contribution in [1.29, 1.82) is 0 Å². The molecule has 5 rings (SSSR count). The average molecular weight is 509 g/mol. The van der Waals surface area contributed by atoms with Gasteiger partial charge in [0, 0.05) is 25.0 Å². The zero-order chi connectivity index (χ0) is 26.2. The zero-order valence-corrected chi connectivity index (χ0v) is 20.3. The van der Waals surface area contributed by atoms with Crippen molar-refractivity contribution >= 4 is 22.8 Å². The van der Waals surface area contributed by atoms with E-state index in [1.807, 2.05) is 0 Å². The van der Waals surface area contributed by atoms with Crippen LogP contribution in [0.2, 0.25) is 0 Å². The van der Waals surface area contributed by atoms with E-state index < -0.39 is 5.60 Å². The van der Waals surface area contributed by atoms with Gasteiger partial charge in [0.25, 0.3) is 5.56 Å². The van der Waals surface area contributed by atoms with E-state index in [1.54, 1.807) is 17.0 Å². The Morgan fingerprint density at radius 3 is 2.65 bits per heavy atom. The molecule has 1 aliphatic carbocycles. The van der Waals surface area contributed by atoms with Crippen LogP contribution < -0.4 is 10.9 Å². The summed E-state index contributed by atoms with van der Waals surface area (Å²) in [6.45, 7) is 4.29. The molecule has 1 saturated carbocycles. The number of halogens is 1. The third-order valence-corrected chi connectivity index (χ3v) is 7.41. The van der Waals surface area contributed by atoms with E-state index in [9.17, 15) is 23.9 Å². The van der Waals surface area contributed by atoms with Gasteiger partial charge < -0.3 is 15.3 Å². The number of fused-ring (bicyclic) bond motifs is 1. The largest absolute Gasteiger partial charge is 0.388 e. The van der Waals surface area contributed by atoms with E-state index in [0.29, 0.717) is 55.5 Å². The maximum atomic E-state index is 13.3. The van der Waals surface area contributed by atoms with Crippen LogP contribution in [0.15, 0.2) is 54.2 Å². The Morgan fingerprint density at radius 2 is 1.95 bits per heavy atom. The number of hydrogen-bond donors (Lipinski definition) is 2. The second kappa shape index (κ2) is 9.89. The van der Waals surface area contributed by atoms with Crippen LogP contribution in [0.3, 0.4) is 0 Å². The van der Waals surface area contributed by atoms with E-state index >= 15 is 0 Å². The lowest BCUT2D eigenvalue weighted by molar-refractivity contribution is -0.140. The van der Waals surface area contributed by atoms with Crippen LogP contribution >= 0.6 is 0 Å². The Balaban J connectivity index is 1.23. The minimum Gasteiger partial charge on any atom is -0.388 e. The molecule has 2 aromatic heterocycles. The van der Waals surface area contributed by atoms with Gasteiger partial charge in [-0.25, -0.2) is 14.1 Å².